The van der Waals surface area contributed by atoms with Gasteiger partial charge in [-0.2, -0.15) is 0 Å². The number of rotatable bonds is 6. The van der Waals surface area contributed by atoms with E-state index in [-0.39, 0.29) is 23.7 Å². The molecule has 1 aliphatic heterocycles. The Labute approximate surface area is 167 Å². The van der Waals surface area contributed by atoms with E-state index in [2.05, 4.69) is 18.3 Å². The van der Waals surface area contributed by atoms with Gasteiger partial charge in [-0.1, -0.05) is 38.7 Å². The lowest BCUT2D eigenvalue weighted by molar-refractivity contribution is -0.133. The van der Waals surface area contributed by atoms with Crippen LogP contribution in [0.4, 0.5) is 0 Å². The molecule has 1 aliphatic carbocycles. The van der Waals surface area contributed by atoms with Crippen LogP contribution in [0.2, 0.25) is 0 Å². The highest BCUT2D eigenvalue weighted by atomic mass is 35.5. The fourth-order valence-corrected chi connectivity index (χ4v) is 4.74. The Morgan fingerprint density at radius 2 is 2.00 bits per heavy atom. The summed E-state index contributed by atoms with van der Waals surface area (Å²) >= 11 is 5.91. The van der Waals surface area contributed by atoms with Crippen molar-refractivity contribution in [2.45, 2.75) is 64.3 Å². The van der Waals surface area contributed by atoms with E-state index in [4.69, 9.17) is 11.6 Å². The number of carbonyl (C=O) groups is 2. The molecule has 0 spiro atoms. The predicted octanol–water partition coefficient (Wildman–Crippen LogP) is 4.46. The van der Waals surface area contributed by atoms with Crippen molar-refractivity contribution >= 4 is 23.4 Å². The monoisotopic (exact) mass is 390 g/mol. The maximum absolute atomic E-state index is 12.5. The number of unbranched alkanes of at least 4 members (excludes halogenated alkanes) is 1. The highest BCUT2D eigenvalue weighted by molar-refractivity contribution is 6.27. The third kappa shape index (κ3) is 4.66. The van der Waals surface area contributed by atoms with Crippen LogP contribution in [0.1, 0.15) is 79.4 Å². The number of carbonyl (C=O) groups excluding carboxylic acids is 2. The molecule has 1 atom stereocenters. The predicted molar refractivity (Wildman–Crippen MR) is 109 cm³/mol. The van der Waals surface area contributed by atoms with Crippen molar-refractivity contribution in [2.24, 2.45) is 5.92 Å². The Morgan fingerprint density at radius 1 is 1.22 bits per heavy atom. The summed E-state index contributed by atoms with van der Waals surface area (Å²) in [6.07, 6.45) is 8.88. The average Bonchev–Trinajstić information content (AvgIpc) is 2.72. The number of nitrogens with one attached hydrogen (secondary N) is 1. The number of hydrogen-bond donors (Lipinski definition) is 1. The van der Waals surface area contributed by atoms with E-state index in [0.717, 1.165) is 44.2 Å². The summed E-state index contributed by atoms with van der Waals surface area (Å²) in [4.78, 5) is 27.1. The number of alkyl halides is 1. The van der Waals surface area contributed by atoms with E-state index >= 15 is 0 Å². The van der Waals surface area contributed by atoms with Gasteiger partial charge >= 0.3 is 0 Å². The number of amides is 2. The van der Waals surface area contributed by atoms with Gasteiger partial charge < -0.3 is 10.2 Å². The average molecular weight is 391 g/mol. The minimum Gasteiger partial charge on any atom is -0.352 e. The molecule has 3 rings (SSSR count). The number of hydrogen-bond acceptors (Lipinski definition) is 2. The van der Waals surface area contributed by atoms with Gasteiger partial charge in [0.05, 0.1) is 6.04 Å². The molecule has 1 unspecified atom stereocenters. The van der Waals surface area contributed by atoms with Crippen LogP contribution in [-0.2, 0) is 11.2 Å². The molecule has 27 heavy (non-hydrogen) atoms. The van der Waals surface area contributed by atoms with Gasteiger partial charge in [-0.15, -0.1) is 11.6 Å². The van der Waals surface area contributed by atoms with E-state index < -0.39 is 0 Å². The van der Waals surface area contributed by atoms with Crippen molar-refractivity contribution in [2.75, 3.05) is 19.0 Å². The lowest BCUT2D eigenvalue weighted by atomic mass is 9.77. The van der Waals surface area contributed by atoms with Crippen LogP contribution in [0, 0.1) is 5.92 Å². The van der Waals surface area contributed by atoms with Gasteiger partial charge in [-0.25, -0.2) is 0 Å². The van der Waals surface area contributed by atoms with Crippen molar-refractivity contribution in [1.29, 1.82) is 0 Å². The maximum Gasteiger partial charge on any atom is 0.251 e. The zero-order valence-electron chi connectivity index (χ0n) is 16.3. The van der Waals surface area contributed by atoms with E-state index in [9.17, 15) is 9.59 Å². The van der Waals surface area contributed by atoms with Gasteiger partial charge in [0.15, 0.2) is 0 Å². The third-order valence-electron chi connectivity index (χ3n) is 6.03. The quantitative estimate of drug-likeness (QED) is 0.575. The van der Waals surface area contributed by atoms with Gasteiger partial charge in [0.25, 0.3) is 5.91 Å². The Bertz CT molecular complexity index is 670. The summed E-state index contributed by atoms with van der Waals surface area (Å²) in [5.74, 6) is 0.476. The summed E-state index contributed by atoms with van der Waals surface area (Å²) in [7, 11) is 0. The van der Waals surface area contributed by atoms with Gasteiger partial charge in [0, 0.05) is 18.7 Å². The van der Waals surface area contributed by atoms with Gasteiger partial charge in [-0.05, 0) is 54.9 Å². The molecule has 1 aromatic rings. The molecule has 2 amide bonds. The fraction of sp³-hybridized carbons (Fsp3) is 0.636. The van der Waals surface area contributed by atoms with Crippen molar-refractivity contribution in [3.63, 3.8) is 0 Å². The van der Waals surface area contributed by atoms with Crippen molar-refractivity contribution in [3.8, 4) is 0 Å². The zero-order valence-corrected chi connectivity index (χ0v) is 17.1. The third-order valence-corrected chi connectivity index (χ3v) is 6.26. The van der Waals surface area contributed by atoms with Gasteiger partial charge in [0.2, 0.25) is 5.91 Å². The first-order valence-corrected chi connectivity index (χ1v) is 11.0. The van der Waals surface area contributed by atoms with Gasteiger partial charge in [-0.3, -0.25) is 9.59 Å². The highest BCUT2D eigenvalue weighted by Crippen LogP contribution is 2.42. The van der Waals surface area contributed by atoms with Crippen molar-refractivity contribution < 1.29 is 9.59 Å². The number of fused-ring (bicyclic) bond motifs is 1. The second-order valence-corrected chi connectivity index (χ2v) is 8.10. The van der Waals surface area contributed by atoms with E-state index in [1.807, 2.05) is 17.0 Å². The first kappa shape index (κ1) is 20.2. The maximum atomic E-state index is 12.5. The largest absolute Gasteiger partial charge is 0.352 e. The molecular formula is C22H31ClN2O2. The summed E-state index contributed by atoms with van der Waals surface area (Å²) in [6.45, 7) is 3.54. The molecule has 0 aromatic heterocycles. The van der Waals surface area contributed by atoms with E-state index in [1.165, 1.54) is 24.8 Å². The molecule has 2 aliphatic rings. The van der Waals surface area contributed by atoms with E-state index in [0.29, 0.717) is 18.0 Å². The molecule has 4 nitrogen and oxygen atoms in total. The Morgan fingerprint density at radius 3 is 2.70 bits per heavy atom. The second kappa shape index (κ2) is 9.59. The topological polar surface area (TPSA) is 49.4 Å². The SMILES string of the molecule is CCCCNC(=O)c1ccc2c(c1)C(C1CCCCC1)N(C(=O)CCl)CC2. The fourth-order valence-electron chi connectivity index (χ4n) is 4.58. The number of benzene rings is 1. The molecule has 1 N–H and O–H groups in total. The van der Waals surface area contributed by atoms with Crippen LogP contribution >= 0.6 is 11.6 Å². The summed E-state index contributed by atoms with van der Waals surface area (Å²) < 4.78 is 0. The molecule has 1 saturated carbocycles. The molecular weight excluding hydrogens is 360 g/mol. The summed E-state index contributed by atoms with van der Waals surface area (Å²) in [5, 5.41) is 3.01. The minimum atomic E-state index is -0.0190. The van der Waals surface area contributed by atoms with Crippen LogP contribution in [0.5, 0.6) is 0 Å². The van der Waals surface area contributed by atoms with Crippen LogP contribution in [-0.4, -0.2) is 35.7 Å². The first-order valence-electron chi connectivity index (χ1n) is 10.4. The standard InChI is InChI=1S/C22H31ClN2O2/c1-2-3-12-24-22(27)18-10-9-16-11-13-25(20(26)15-23)21(19(16)14-18)17-7-5-4-6-8-17/h9-10,14,17,21H,2-8,11-13,15H2,1H3,(H,24,27). The van der Waals surface area contributed by atoms with Crippen molar-refractivity contribution in [1.82, 2.24) is 10.2 Å². The Kier molecular flexibility index (Phi) is 7.17. The Hall–Kier alpha value is -1.55. The molecule has 148 valence electrons. The summed E-state index contributed by atoms with van der Waals surface area (Å²) in [5.41, 5.74) is 3.13. The lowest BCUT2D eigenvalue weighted by Crippen LogP contribution is -2.44. The molecule has 0 bridgehead atoms. The molecule has 5 heteroatoms. The molecule has 1 heterocycles. The normalized spacial score (nSPS) is 20.2. The lowest BCUT2D eigenvalue weighted by Gasteiger charge is -2.43. The van der Waals surface area contributed by atoms with Gasteiger partial charge in [0.1, 0.15) is 5.88 Å². The molecule has 1 aromatic carbocycles. The van der Waals surface area contributed by atoms with Crippen LogP contribution in [0.15, 0.2) is 18.2 Å². The molecule has 0 saturated heterocycles. The van der Waals surface area contributed by atoms with Crippen molar-refractivity contribution in [3.05, 3.63) is 34.9 Å². The van der Waals surface area contributed by atoms with Crippen LogP contribution < -0.4 is 5.32 Å². The first-order chi connectivity index (χ1) is 13.2. The Balaban J connectivity index is 1.90. The van der Waals surface area contributed by atoms with E-state index in [1.54, 1.807) is 0 Å². The number of nitrogens with zero attached hydrogens (tertiary/aromatic N) is 1. The number of halogens is 1. The molecule has 0 radical (unpaired) electrons. The zero-order chi connectivity index (χ0) is 19.2. The minimum absolute atomic E-state index is 0.00990. The smallest absolute Gasteiger partial charge is 0.251 e. The van der Waals surface area contributed by atoms with Crippen LogP contribution in [0.25, 0.3) is 0 Å². The summed E-state index contributed by atoms with van der Waals surface area (Å²) in [6, 6.07) is 6.10. The van der Waals surface area contributed by atoms with Crippen LogP contribution in [0.3, 0.4) is 0 Å². The second-order valence-electron chi connectivity index (χ2n) is 7.84. The highest BCUT2D eigenvalue weighted by Gasteiger charge is 2.36. The molecule has 1 fully saturated rings.